The lowest BCUT2D eigenvalue weighted by molar-refractivity contribution is -0.757. The highest BCUT2D eigenvalue weighted by Gasteiger charge is 2.39. The Hall–Kier alpha value is -3.67. The molecule has 49 heavy (non-hydrogen) atoms. The Labute approximate surface area is 286 Å². The van der Waals surface area contributed by atoms with Gasteiger partial charge in [0.05, 0.1) is 31.0 Å². The van der Waals surface area contributed by atoms with Crippen LogP contribution in [0.2, 0.25) is 0 Å². The first-order chi connectivity index (χ1) is 23.2. The maximum absolute atomic E-state index is 12.9. The zero-order valence-corrected chi connectivity index (χ0v) is 27.8. The van der Waals surface area contributed by atoms with E-state index in [-0.39, 0.29) is 55.2 Å². The Bertz CT molecular complexity index is 1280. The number of thioether (sulfide) groups is 1. The van der Waals surface area contributed by atoms with Gasteiger partial charge in [0.25, 0.3) is 5.09 Å². The number of benzene rings is 1. The van der Waals surface area contributed by atoms with Crippen LogP contribution in [0.4, 0.5) is 13.2 Å². The zero-order valence-electron chi connectivity index (χ0n) is 27.0. The van der Waals surface area contributed by atoms with E-state index < -0.39 is 59.0 Å². The molecule has 4 N–H and O–H groups in total. The molecular formula is C32H43F3N2O11S. The number of allylic oxidation sites excluding steroid dienone is 2. The smallest absolute Gasteiger partial charge is 0.416 e. The molecule has 274 valence electrons. The molecule has 0 heterocycles. The number of alkyl halides is 3. The second-order valence-electron chi connectivity index (χ2n) is 11.4. The van der Waals surface area contributed by atoms with Crippen molar-refractivity contribution in [2.24, 2.45) is 11.8 Å². The lowest BCUT2D eigenvalue weighted by atomic mass is 9.89. The number of hydrogen-bond acceptors (Lipinski definition) is 12. The van der Waals surface area contributed by atoms with Crippen LogP contribution in [0.3, 0.4) is 0 Å². The van der Waals surface area contributed by atoms with Gasteiger partial charge in [0.2, 0.25) is 5.91 Å². The average molecular weight is 721 g/mol. The van der Waals surface area contributed by atoms with Crippen molar-refractivity contribution in [1.82, 2.24) is 5.32 Å². The monoisotopic (exact) mass is 720 g/mol. The van der Waals surface area contributed by atoms with Gasteiger partial charge in [-0.05, 0) is 56.2 Å². The molecule has 0 bridgehead atoms. The highest BCUT2D eigenvalue weighted by atomic mass is 32.2. The number of nitrogens with zero attached hydrogens (tertiary/aromatic N) is 1. The van der Waals surface area contributed by atoms with E-state index in [0.717, 1.165) is 23.9 Å². The van der Waals surface area contributed by atoms with E-state index >= 15 is 0 Å². The van der Waals surface area contributed by atoms with E-state index in [2.05, 4.69) is 10.2 Å². The second-order valence-corrected chi connectivity index (χ2v) is 12.4. The first kappa shape index (κ1) is 41.5. The SMILES string of the molecule is CC(=O)NC(CSC(=O)CCC/C=C\C[C@@H]1[C@@H](/C=C/[C@@H](O)COc2cccc(C(F)(F)F)c2)[C@H](O)C[C@@H]1O)C(=O)OCCCCO[N+](=O)[O-]. The third-order valence-corrected chi connectivity index (χ3v) is 8.46. The van der Waals surface area contributed by atoms with Crippen molar-refractivity contribution >= 4 is 28.8 Å². The minimum absolute atomic E-state index is 0.0274. The number of hydrogen-bond donors (Lipinski definition) is 4. The fourth-order valence-electron chi connectivity index (χ4n) is 4.98. The predicted molar refractivity (Wildman–Crippen MR) is 172 cm³/mol. The molecule has 1 amide bonds. The molecule has 1 aliphatic carbocycles. The number of aliphatic hydroxyl groups is 3. The van der Waals surface area contributed by atoms with Crippen LogP contribution < -0.4 is 10.1 Å². The molecule has 0 spiro atoms. The van der Waals surface area contributed by atoms with Crippen molar-refractivity contribution < 1.29 is 62.3 Å². The van der Waals surface area contributed by atoms with Crippen molar-refractivity contribution in [3.8, 4) is 5.75 Å². The standard InChI is InChI=1S/C32H43F3N2O11S/c1-21(38)36-27(31(43)46-15-6-7-16-48-37(44)45)20-49-30(42)12-5-3-2-4-11-25-26(29(41)18-28(25)40)14-13-23(39)19-47-24-10-8-9-22(17-24)32(33,34)35/h2,4,8-10,13-14,17,23,25-29,39-41H,3,5-7,11-12,15-16,18-20H2,1H3,(H,36,38)/b4-2-,14-13+/t23-,25-,26-,27?,28+,29-/m1/s1. The lowest BCUT2D eigenvalue weighted by Crippen LogP contribution is -2.43. The van der Waals surface area contributed by atoms with Crippen molar-refractivity contribution in [2.45, 2.75) is 82.4 Å². The number of esters is 1. The third-order valence-electron chi connectivity index (χ3n) is 7.43. The zero-order chi connectivity index (χ0) is 36.4. The van der Waals surface area contributed by atoms with Crippen molar-refractivity contribution in [1.29, 1.82) is 0 Å². The van der Waals surface area contributed by atoms with Crippen LogP contribution in [0.15, 0.2) is 48.6 Å². The molecule has 0 aromatic heterocycles. The van der Waals surface area contributed by atoms with Gasteiger partial charge < -0.3 is 34.9 Å². The molecular weight excluding hydrogens is 677 g/mol. The summed E-state index contributed by atoms with van der Waals surface area (Å²) in [4.78, 5) is 50.5. The molecule has 6 atom stereocenters. The van der Waals surface area contributed by atoms with Gasteiger partial charge in [-0.2, -0.15) is 13.2 Å². The summed E-state index contributed by atoms with van der Waals surface area (Å²) in [5, 5.41) is 42.7. The summed E-state index contributed by atoms with van der Waals surface area (Å²) in [5.41, 5.74) is -0.873. The maximum atomic E-state index is 12.9. The van der Waals surface area contributed by atoms with Crippen LogP contribution in [-0.4, -0.2) is 87.3 Å². The summed E-state index contributed by atoms with van der Waals surface area (Å²) >= 11 is 0.885. The number of aliphatic hydroxyl groups excluding tert-OH is 3. The molecule has 1 aliphatic rings. The number of rotatable bonds is 21. The van der Waals surface area contributed by atoms with Gasteiger partial charge in [-0.1, -0.05) is 42.1 Å². The Kier molecular flexibility index (Phi) is 18.1. The molecule has 2 rings (SSSR count). The quantitative estimate of drug-likeness (QED) is 0.0473. The summed E-state index contributed by atoms with van der Waals surface area (Å²) in [7, 11) is 0. The number of amides is 1. The molecule has 1 unspecified atom stereocenters. The van der Waals surface area contributed by atoms with Crippen LogP contribution in [0.1, 0.15) is 57.4 Å². The number of carbonyl (C=O) groups excluding carboxylic acids is 3. The largest absolute Gasteiger partial charge is 0.491 e. The fourth-order valence-corrected chi connectivity index (χ4v) is 5.84. The van der Waals surface area contributed by atoms with Crippen LogP contribution >= 0.6 is 11.8 Å². The van der Waals surface area contributed by atoms with Gasteiger partial charge in [0.15, 0.2) is 5.12 Å². The Morgan fingerprint density at radius 2 is 1.88 bits per heavy atom. The van der Waals surface area contributed by atoms with Crippen molar-refractivity contribution in [2.75, 3.05) is 25.6 Å². The third kappa shape index (κ3) is 16.5. The molecule has 13 nitrogen and oxygen atoms in total. The Morgan fingerprint density at radius 1 is 1.14 bits per heavy atom. The molecule has 1 fully saturated rings. The van der Waals surface area contributed by atoms with Crippen LogP contribution in [0.5, 0.6) is 5.75 Å². The molecule has 17 heteroatoms. The summed E-state index contributed by atoms with van der Waals surface area (Å²) in [6, 6.07) is 3.25. The minimum atomic E-state index is -4.53. The second kappa shape index (κ2) is 21.4. The molecule has 0 radical (unpaired) electrons. The van der Waals surface area contributed by atoms with Gasteiger partial charge in [0.1, 0.15) is 24.5 Å². The highest BCUT2D eigenvalue weighted by molar-refractivity contribution is 8.13. The van der Waals surface area contributed by atoms with Gasteiger partial charge in [0, 0.05) is 31.4 Å². The van der Waals surface area contributed by atoms with E-state index in [1.165, 1.54) is 25.1 Å². The van der Waals surface area contributed by atoms with Crippen LogP contribution in [0, 0.1) is 22.0 Å². The van der Waals surface area contributed by atoms with E-state index in [1.54, 1.807) is 6.08 Å². The number of halogens is 3. The van der Waals surface area contributed by atoms with Gasteiger partial charge in [-0.25, -0.2) is 4.79 Å². The van der Waals surface area contributed by atoms with Gasteiger partial charge in [-0.3, -0.25) is 9.59 Å². The van der Waals surface area contributed by atoms with Crippen LogP contribution in [-0.2, 0) is 30.1 Å². The summed E-state index contributed by atoms with van der Waals surface area (Å²) < 4.78 is 49.1. The van der Waals surface area contributed by atoms with Gasteiger partial charge in [-0.15, -0.1) is 10.1 Å². The Balaban J connectivity index is 1.73. The molecule has 0 saturated heterocycles. The van der Waals surface area contributed by atoms with E-state index in [9.17, 15) is 53.0 Å². The molecule has 1 saturated carbocycles. The average Bonchev–Trinajstić information content (AvgIpc) is 3.30. The van der Waals surface area contributed by atoms with E-state index in [0.29, 0.717) is 32.1 Å². The molecule has 0 aliphatic heterocycles. The predicted octanol–water partition coefficient (Wildman–Crippen LogP) is 3.77. The van der Waals surface area contributed by atoms with Crippen molar-refractivity contribution in [3.63, 3.8) is 0 Å². The molecule has 1 aromatic carbocycles. The Morgan fingerprint density at radius 3 is 2.57 bits per heavy atom. The topological polar surface area (TPSA) is 195 Å². The summed E-state index contributed by atoms with van der Waals surface area (Å²) in [6.07, 6.45) is 1.70. The summed E-state index contributed by atoms with van der Waals surface area (Å²) in [6.45, 7) is 0.750. The highest BCUT2D eigenvalue weighted by Crippen LogP contribution is 2.36. The lowest BCUT2D eigenvalue weighted by Gasteiger charge is -2.19. The maximum Gasteiger partial charge on any atom is 0.416 e. The van der Waals surface area contributed by atoms with E-state index in [1.807, 2.05) is 12.2 Å². The minimum Gasteiger partial charge on any atom is -0.491 e. The fraction of sp³-hybridized carbons (Fsp3) is 0.594. The normalized spacial score (nSPS) is 20.6. The number of nitrogens with one attached hydrogen (secondary N) is 1. The van der Waals surface area contributed by atoms with Crippen LogP contribution in [0.25, 0.3) is 0 Å². The van der Waals surface area contributed by atoms with Gasteiger partial charge >= 0.3 is 12.1 Å². The van der Waals surface area contributed by atoms with Crippen molar-refractivity contribution in [3.05, 3.63) is 64.2 Å². The number of carbonyl (C=O) groups is 3. The number of unbranched alkanes of at least 4 members (excludes halogenated alkanes) is 2. The first-order valence-corrected chi connectivity index (χ1v) is 16.7. The van der Waals surface area contributed by atoms with E-state index in [4.69, 9.17) is 9.47 Å². The number of ether oxygens (including phenoxy) is 2. The first-order valence-electron chi connectivity index (χ1n) is 15.7. The molecule has 1 aromatic rings. The summed E-state index contributed by atoms with van der Waals surface area (Å²) in [5.74, 6) is -2.11.